The zero-order chi connectivity index (χ0) is 11.3. The lowest BCUT2D eigenvalue weighted by Gasteiger charge is -2.11. The Morgan fingerprint density at radius 2 is 2.40 bits per heavy atom. The fourth-order valence-corrected chi connectivity index (χ4v) is 1.93. The molecule has 15 heavy (non-hydrogen) atoms. The molecule has 1 atom stereocenters. The Bertz CT molecular complexity index is 329. The molecule has 0 aromatic carbocycles. The van der Waals surface area contributed by atoms with Crippen LogP contribution in [0.5, 0.6) is 0 Å². The normalized spacial score (nSPS) is 12.2. The third kappa shape index (κ3) is 4.22. The van der Waals surface area contributed by atoms with Gasteiger partial charge in [-0.05, 0) is 41.2 Å². The van der Waals surface area contributed by atoms with Crippen LogP contribution >= 0.6 is 27.7 Å². The smallest absolute Gasteiger partial charge is 0.253 e. The molecular weight excluding hydrogens is 276 g/mol. The molecule has 0 aliphatic heterocycles. The van der Waals surface area contributed by atoms with Crippen LogP contribution in [0.2, 0.25) is 0 Å². The van der Waals surface area contributed by atoms with E-state index < -0.39 is 0 Å². The van der Waals surface area contributed by atoms with E-state index in [-0.39, 0.29) is 11.9 Å². The number of aromatic nitrogens is 1. The van der Waals surface area contributed by atoms with Gasteiger partial charge in [-0.2, -0.15) is 11.8 Å². The maximum absolute atomic E-state index is 11.7. The van der Waals surface area contributed by atoms with Crippen LogP contribution in [0.15, 0.2) is 22.9 Å². The molecule has 5 heteroatoms. The summed E-state index contributed by atoms with van der Waals surface area (Å²) in [5.74, 6) is 0.840. The van der Waals surface area contributed by atoms with Crippen molar-refractivity contribution in [3.05, 3.63) is 28.5 Å². The first kappa shape index (κ1) is 12.5. The van der Waals surface area contributed by atoms with Crippen molar-refractivity contribution in [3.63, 3.8) is 0 Å². The first-order valence-corrected chi connectivity index (χ1v) is 6.73. The summed E-state index contributed by atoms with van der Waals surface area (Å²) in [5.41, 5.74) is 0.589. The molecule has 0 spiro atoms. The quantitative estimate of drug-likeness (QED) is 0.865. The van der Waals surface area contributed by atoms with Gasteiger partial charge in [0.2, 0.25) is 0 Å². The van der Waals surface area contributed by atoms with Gasteiger partial charge in [-0.15, -0.1) is 0 Å². The summed E-state index contributed by atoms with van der Waals surface area (Å²) in [4.78, 5) is 15.7. The van der Waals surface area contributed by atoms with Crippen LogP contribution in [0.4, 0.5) is 0 Å². The number of carbonyl (C=O) groups is 1. The maximum Gasteiger partial charge on any atom is 0.253 e. The summed E-state index contributed by atoms with van der Waals surface area (Å²) in [6.45, 7) is 1.99. The zero-order valence-electron chi connectivity index (χ0n) is 8.66. The first-order chi connectivity index (χ1) is 7.13. The molecule has 82 valence electrons. The molecule has 0 radical (unpaired) electrons. The lowest BCUT2D eigenvalue weighted by molar-refractivity contribution is 0.0943. The van der Waals surface area contributed by atoms with E-state index in [1.54, 1.807) is 30.1 Å². The van der Waals surface area contributed by atoms with E-state index in [1.807, 2.05) is 13.2 Å². The average molecular weight is 289 g/mol. The fraction of sp³-hybridized carbons (Fsp3) is 0.400. The van der Waals surface area contributed by atoms with Gasteiger partial charge in [0, 0.05) is 18.0 Å². The molecule has 0 saturated carbocycles. The van der Waals surface area contributed by atoms with E-state index in [1.165, 1.54) is 0 Å². The number of nitrogens with one attached hydrogen (secondary N) is 1. The van der Waals surface area contributed by atoms with Gasteiger partial charge in [0.1, 0.15) is 4.60 Å². The van der Waals surface area contributed by atoms with Gasteiger partial charge in [-0.25, -0.2) is 4.98 Å². The highest BCUT2D eigenvalue weighted by molar-refractivity contribution is 9.10. The maximum atomic E-state index is 11.7. The van der Waals surface area contributed by atoms with Gasteiger partial charge in [0.05, 0.1) is 5.56 Å². The molecule has 0 saturated heterocycles. The number of pyridine rings is 1. The van der Waals surface area contributed by atoms with Gasteiger partial charge >= 0.3 is 0 Å². The van der Waals surface area contributed by atoms with Crippen LogP contribution in [-0.2, 0) is 0 Å². The lowest BCUT2D eigenvalue weighted by atomic mass is 10.2. The highest BCUT2D eigenvalue weighted by atomic mass is 79.9. The number of hydrogen-bond donors (Lipinski definition) is 1. The summed E-state index contributed by atoms with van der Waals surface area (Å²) < 4.78 is 0.733. The molecule has 1 heterocycles. The van der Waals surface area contributed by atoms with E-state index in [0.717, 1.165) is 10.4 Å². The second-order valence-electron chi connectivity index (χ2n) is 3.20. The predicted molar refractivity (Wildman–Crippen MR) is 67.2 cm³/mol. The minimum Gasteiger partial charge on any atom is -0.349 e. The molecule has 0 aliphatic carbocycles. The van der Waals surface area contributed by atoms with Crippen molar-refractivity contribution in [1.29, 1.82) is 0 Å². The van der Waals surface area contributed by atoms with E-state index in [0.29, 0.717) is 5.56 Å². The van der Waals surface area contributed by atoms with Crippen LogP contribution in [0.25, 0.3) is 0 Å². The lowest BCUT2D eigenvalue weighted by Crippen LogP contribution is -2.34. The molecule has 3 nitrogen and oxygen atoms in total. The van der Waals surface area contributed by atoms with Crippen molar-refractivity contribution in [2.75, 3.05) is 12.0 Å². The van der Waals surface area contributed by atoms with E-state index in [4.69, 9.17) is 0 Å². The predicted octanol–water partition coefficient (Wildman–Crippen LogP) is 2.33. The standard InChI is InChI=1S/C10H13BrN2OS/c1-7(6-15-2)13-10(14)8-3-4-9(11)12-5-8/h3-5,7H,6H2,1-2H3,(H,13,14). The van der Waals surface area contributed by atoms with Crippen molar-refractivity contribution >= 4 is 33.6 Å². The summed E-state index contributed by atoms with van der Waals surface area (Å²) in [6, 6.07) is 3.68. The van der Waals surface area contributed by atoms with Crippen molar-refractivity contribution < 1.29 is 4.79 Å². The SMILES string of the molecule is CSCC(C)NC(=O)c1ccc(Br)nc1. The Kier molecular flexibility index (Phi) is 5.11. The number of amides is 1. The number of hydrogen-bond acceptors (Lipinski definition) is 3. The van der Waals surface area contributed by atoms with Gasteiger partial charge in [0.15, 0.2) is 0 Å². The molecule has 1 unspecified atom stereocenters. The fourth-order valence-electron chi connectivity index (χ4n) is 1.11. The highest BCUT2D eigenvalue weighted by Gasteiger charge is 2.09. The Morgan fingerprint density at radius 3 is 2.93 bits per heavy atom. The van der Waals surface area contributed by atoms with Crippen molar-refractivity contribution in [3.8, 4) is 0 Å². The van der Waals surface area contributed by atoms with Crippen LogP contribution in [0.1, 0.15) is 17.3 Å². The van der Waals surface area contributed by atoms with E-state index in [2.05, 4.69) is 26.2 Å². The number of nitrogens with zero attached hydrogens (tertiary/aromatic N) is 1. The molecule has 0 fully saturated rings. The molecule has 1 N–H and O–H groups in total. The number of rotatable bonds is 4. The number of halogens is 1. The third-order valence-electron chi connectivity index (χ3n) is 1.78. The van der Waals surface area contributed by atoms with Crippen LogP contribution in [-0.4, -0.2) is 28.9 Å². The topological polar surface area (TPSA) is 42.0 Å². The number of thioether (sulfide) groups is 1. The molecule has 1 aromatic heterocycles. The van der Waals surface area contributed by atoms with Gasteiger partial charge in [-0.1, -0.05) is 0 Å². The van der Waals surface area contributed by atoms with E-state index in [9.17, 15) is 4.79 Å². The monoisotopic (exact) mass is 288 g/mol. The Balaban J connectivity index is 2.57. The second kappa shape index (κ2) is 6.12. The second-order valence-corrected chi connectivity index (χ2v) is 4.92. The Labute approximate surface area is 102 Å². The van der Waals surface area contributed by atoms with Crippen LogP contribution in [0, 0.1) is 0 Å². The Hall–Kier alpha value is -0.550. The van der Waals surface area contributed by atoms with Gasteiger partial charge in [0.25, 0.3) is 5.91 Å². The van der Waals surface area contributed by atoms with E-state index >= 15 is 0 Å². The van der Waals surface area contributed by atoms with Crippen LogP contribution in [0.3, 0.4) is 0 Å². The molecule has 0 bridgehead atoms. The molecular formula is C10H13BrN2OS. The first-order valence-electron chi connectivity index (χ1n) is 4.55. The minimum atomic E-state index is -0.0726. The van der Waals surface area contributed by atoms with Crippen molar-refractivity contribution in [2.24, 2.45) is 0 Å². The summed E-state index contributed by atoms with van der Waals surface area (Å²) in [7, 11) is 0. The zero-order valence-corrected chi connectivity index (χ0v) is 11.1. The number of carbonyl (C=O) groups excluding carboxylic acids is 1. The van der Waals surface area contributed by atoms with Gasteiger partial charge < -0.3 is 5.32 Å². The van der Waals surface area contributed by atoms with Crippen molar-refractivity contribution in [1.82, 2.24) is 10.3 Å². The molecule has 1 aromatic rings. The third-order valence-corrected chi connectivity index (χ3v) is 3.09. The van der Waals surface area contributed by atoms with Gasteiger partial charge in [-0.3, -0.25) is 4.79 Å². The molecule has 1 rings (SSSR count). The summed E-state index contributed by atoms with van der Waals surface area (Å²) >= 11 is 4.94. The summed E-state index contributed by atoms with van der Waals surface area (Å²) in [6.07, 6.45) is 3.58. The largest absolute Gasteiger partial charge is 0.349 e. The Morgan fingerprint density at radius 1 is 1.67 bits per heavy atom. The van der Waals surface area contributed by atoms with Crippen molar-refractivity contribution in [2.45, 2.75) is 13.0 Å². The summed E-state index contributed by atoms with van der Waals surface area (Å²) in [5, 5.41) is 2.90. The average Bonchev–Trinajstić information content (AvgIpc) is 2.18. The molecule has 0 aliphatic rings. The minimum absolute atomic E-state index is 0.0726. The van der Waals surface area contributed by atoms with Crippen LogP contribution < -0.4 is 5.32 Å². The molecule has 1 amide bonds. The highest BCUT2D eigenvalue weighted by Crippen LogP contribution is 2.06.